The van der Waals surface area contributed by atoms with E-state index in [1.54, 1.807) is 29.2 Å². The zero-order chi connectivity index (χ0) is 20.3. The summed E-state index contributed by atoms with van der Waals surface area (Å²) in [7, 11) is 4.49. The van der Waals surface area contributed by atoms with E-state index in [9.17, 15) is 14.3 Å². The quantitative estimate of drug-likeness (QED) is 0.852. The number of hydrogen-bond donors (Lipinski definition) is 1. The fourth-order valence-corrected chi connectivity index (χ4v) is 3.52. The number of rotatable bonds is 5. The molecule has 1 aliphatic heterocycles. The first-order valence-electron chi connectivity index (χ1n) is 8.99. The van der Waals surface area contributed by atoms with Gasteiger partial charge in [-0.1, -0.05) is 12.1 Å². The van der Waals surface area contributed by atoms with Gasteiger partial charge in [-0.15, -0.1) is 0 Å². The Kier molecular flexibility index (Phi) is 5.74. The maximum absolute atomic E-state index is 13.1. The normalized spacial score (nSPS) is 15.8. The lowest BCUT2D eigenvalue weighted by Gasteiger charge is -2.38. The molecule has 150 valence electrons. The Bertz CT molecular complexity index is 819. The lowest BCUT2D eigenvalue weighted by Crippen LogP contribution is -2.45. The molecule has 1 amide bonds. The minimum Gasteiger partial charge on any atom is -0.493 e. The highest BCUT2D eigenvalue weighted by Gasteiger charge is 2.36. The van der Waals surface area contributed by atoms with Gasteiger partial charge in [-0.3, -0.25) is 4.79 Å². The summed E-state index contributed by atoms with van der Waals surface area (Å²) in [5.41, 5.74) is 0.00950. The van der Waals surface area contributed by atoms with Crippen molar-refractivity contribution in [1.82, 2.24) is 4.90 Å². The number of carbonyl (C=O) groups excluding carboxylic acids is 1. The molecule has 6 nitrogen and oxygen atoms in total. The molecule has 0 bridgehead atoms. The second kappa shape index (κ2) is 8.06. The van der Waals surface area contributed by atoms with E-state index >= 15 is 0 Å². The van der Waals surface area contributed by atoms with Crippen LogP contribution in [0.2, 0.25) is 0 Å². The molecule has 7 heteroatoms. The van der Waals surface area contributed by atoms with Crippen LogP contribution in [-0.4, -0.2) is 50.3 Å². The molecule has 28 heavy (non-hydrogen) atoms. The highest BCUT2D eigenvalue weighted by molar-refractivity contribution is 5.95. The third-order valence-corrected chi connectivity index (χ3v) is 5.17. The number of carbonyl (C=O) groups is 1. The van der Waals surface area contributed by atoms with Crippen molar-refractivity contribution in [1.29, 1.82) is 0 Å². The van der Waals surface area contributed by atoms with Crippen molar-refractivity contribution in [3.05, 3.63) is 53.3 Å². The summed E-state index contributed by atoms with van der Waals surface area (Å²) in [6.45, 7) is 0.757. The van der Waals surface area contributed by atoms with Gasteiger partial charge in [0.25, 0.3) is 5.91 Å². The molecular weight excluding hydrogens is 365 g/mol. The standard InChI is InChI=1S/C21H24FNO5/c1-26-17-12-14(13-18(27-2)19(17)28-3)20(24)23-10-8-21(25,9-11-23)15-4-6-16(22)7-5-15/h4-7,12-13,25H,8-11H2,1-3H3. The molecule has 1 N–H and O–H groups in total. The minimum atomic E-state index is -1.07. The molecule has 1 aliphatic rings. The molecule has 1 fully saturated rings. The second-order valence-corrected chi connectivity index (χ2v) is 6.74. The van der Waals surface area contributed by atoms with E-state index in [1.165, 1.54) is 33.5 Å². The van der Waals surface area contributed by atoms with Crippen LogP contribution in [0.25, 0.3) is 0 Å². The van der Waals surface area contributed by atoms with Crippen molar-refractivity contribution >= 4 is 5.91 Å². The Morgan fingerprint density at radius 1 is 1.00 bits per heavy atom. The van der Waals surface area contributed by atoms with Crippen LogP contribution < -0.4 is 14.2 Å². The van der Waals surface area contributed by atoms with Gasteiger partial charge in [0.1, 0.15) is 5.82 Å². The van der Waals surface area contributed by atoms with Gasteiger partial charge < -0.3 is 24.2 Å². The summed E-state index contributed by atoms with van der Waals surface area (Å²) < 4.78 is 29.1. The lowest BCUT2D eigenvalue weighted by atomic mass is 9.84. The molecule has 0 saturated carbocycles. The van der Waals surface area contributed by atoms with Crippen LogP contribution in [0.3, 0.4) is 0 Å². The lowest BCUT2D eigenvalue weighted by molar-refractivity contribution is -0.0211. The van der Waals surface area contributed by atoms with Gasteiger partial charge in [0, 0.05) is 18.7 Å². The highest BCUT2D eigenvalue weighted by atomic mass is 19.1. The van der Waals surface area contributed by atoms with Crippen molar-refractivity contribution in [3.8, 4) is 17.2 Å². The molecule has 3 rings (SSSR count). The van der Waals surface area contributed by atoms with E-state index < -0.39 is 5.60 Å². The number of aliphatic hydroxyl groups is 1. The summed E-state index contributed by atoms with van der Waals surface area (Å²) >= 11 is 0. The Morgan fingerprint density at radius 3 is 2.00 bits per heavy atom. The van der Waals surface area contributed by atoms with Crippen LogP contribution in [0, 0.1) is 5.82 Å². The number of methoxy groups -OCH3 is 3. The predicted molar refractivity (Wildman–Crippen MR) is 102 cm³/mol. The number of nitrogens with zero attached hydrogens (tertiary/aromatic N) is 1. The number of ether oxygens (including phenoxy) is 3. The van der Waals surface area contributed by atoms with Gasteiger partial charge in [-0.2, -0.15) is 0 Å². The van der Waals surface area contributed by atoms with Crippen LogP contribution in [0.5, 0.6) is 17.2 Å². The maximum Gasteiger partial charge on any atom is 0.254 e. The molecule has 0 atom stereocenters. The molecule has 0 aliphatic carbocycles. The summed E-state index contributed by atoms with van der Waals surface area (Å²) in [5, 5.41) is 10.9. The SMILES string of the molecule is COc1cc(C(=O)N2CCC(O)(c3ccc(F)cc3)CC2)cc(OC)c1OC. The molecule has 0 radical (unpaired) electrons. The molecular formula is C21H24FNO5. The first-order chi connectivity index (χ1) is 13.4. The van der Waals surface area contributed by atoms with Gasteiger partial charge in [-0.25, -0.2) is 4.39 Å². The molecule has 0 unspecified atom stereocenters. The van der Waals surface area contributed by atoms with Crippen molar-refractivity contribution in [2.24, 2.45) is 0 Å². The number of piperidine rings is 1. The van der Waals surface area contributed by atoms with Gasteiger partial charge in [0.15, 0.2) is 11.5 Å². The summed E-state index contributed by atoms with van der Waals surface area (Å²) in [6, 6.07) is 9.08. The van der Waals surface area contributed by atoms with Gasteiger partial charge >= 0.3 is 0 Å². The molecule has 0 aromatic heterocycles. The fourth-order valence-electron chi connectivity index (χ4n) is 3.52. The monoisotopic (exact) mass is 389 g/mol. The largest absolute Gasteiger partial charge is 0.493 e. The average molecular weight is 389 g/mol. The number of hydrogen-bond acceptors (Lipinski definition) is 5. The Labute approximate surface area is 163 Å². The smallest absolute Gasteiger partial charge is 0.254 e. The van der Waals surface area contributed by atoms with Crippen LogP contribution in [0.4, 0.5) is 4.39 Å². The van der Waals surface area contributed by atoms with Crippen LogP contribution in [-0.2, 0) is 5.60 Å². The first kappa shape index (κ1) is 19.9. The van der Waals surface area contributed by atoms with Gasteiger partial charge in [0.05, 0.1) is 26.9 Å². The highest BCUT2D eigenvalue weighted by Crippen LogP contribution is 2.39. The van der Waals surface area contributed by atoms with Crippen LogP contribution >= 0.6 is 0 Å². The summed E-state index contributed by atoms with van der Waals surface area (Å²) in [4.78, 5) is 14.6. The second-order valence-electron chi connectivity index (χ2n) is 6.74. The van der Waals surface area contributed by atoms with Gasteiger partial charge in [-0.05, 0) is 42.7 Å². The van der Waals surface area contributed by atoms with E-state index in [0.717, 1.165) is 0 Å². The van der Waals surface area contributed by atoms with Crippen molar-refractivity contribution < 1.29 is 28.5 Å². The molecule has 1 saturated heterocycles. The van der Waals surface area contributed by atoms with Crippen LogP contribution in [0.15, 0.2) is 36.4 Å². The van der Waals surface area contributed by atoms with Crippen molar-refractivity contribution in [3.63, 3.8) is 0 Å². The zero-order valence-electron chi connectivity index (χ0n) is 16.2. The fraction of sp³-hybridized carbons (Fsp3) is 0.381. The van der Waals surface area contributed by atoms with Crippen molar-refractivity contribution in [2.45, 2.75) is 18.4 Å². The number of halogens is 1. The molecule has 1 heterocycles. The van der Waals surface area contributed by atoms with Crippen molar-refractivity contribution in [2.75, 3.05) is 34.4 Å². The van der Waals surface area contributed by atoms with Crippen LogP contribution in [0.1, 0.15) is 28.8 Å². The van der Waals surface area contributed by atoms with E-state index in [-0.39, 0.29) is 11.7 Å². The van der Waals surface area contributed by atoms with E-state index in [1.807, 2.05) is 0 Å². The summed E-state index contributed by atoms with van der Waals surface area (Å²) in [6.07, 6.45) is 0.740. The predicted octanol–water partition coefficient (Wildman–Crippen LogP) is 2.98. The third-order valence-electron chi connectivity index (χ3n) is 5.17. The number of amides is 1. The third kappa shape index (κ3) is 3.75. The van der Waals surface area contributed by atoms with E-state index in [2.05, 4.69) is 0 Å². The summed E-state index contributed by atoms with van der Waals surface area (Å²) in [5.74, 6) is 0.712. The Balaban J connectivity index is 1.77. The number of likely N-dealkylation sites (tertiary alicyclic amines) is 1. The molecule has 0 spiro atoms. The molecule has 2 aromatic carbocycles. The molecule has 2 aromatic rings. The Morgan fingerprint density at radius 2 is 1.54 bits per heavy atom. The minimum absolute atomic E-state index is 0.180. The van der Waals surface area contributed by atoms with E-state index in [4.69, 9.17) is 14.2 Å². The zero-order valence-corrected chi connectivity index (χ0v) is 16.2. The first-order valence-corrected chi connectivity index (χ1v) is 8.99. The average Bonchev–Trinajstić information content (AvgIpc) is 2.73. The maximum atomic E-state index is 13.1. The Hall–Kier alpha value is -2.80. The number of benzene rings is 2. The van der Waals surface area contributed by atoms with Gasteiger partial charge in [0.2, 0.25) is 5.75 Å². The topological polar surface area (TPSA) is 68.2 Å². The van der Waals surface area contributed by atoms with E-state index in [0.29, 0.717) is 54.3 Å².